The van der Waals surface area contributed by atoms with Crippen molar-refractivity contribution in [1.82, 2.24) is 15.5 Å². The lowest BCUT2D eigenvalue weighted by atomic mass is 10.0. The van der Waals surface area contributed by atoms with Crippen LogP contribution in [0.25, 0.3) is 0 Å². The van der Waals surface area contributed by atoms with Gasteiger partial charge in [-0.3, -0.25) is 0 Å². The Hall–Kier alpha value is -1.43. The van der Waals surface area contributed by atoms with E-state index in [0.717, 1.165) is 25.1 Å². The van der Waals surface area contributed by atoms with E-state index in [1.165, 1.54) is 12.5 Å². The fourth-order valence-corrected chi connectivity index (χ4v) is 1.70. The lowest BCUT2D eigenvalue weighted by Crippen LogP contribution is -2.26. The minimum Gasteiger partial charge on any atom is -0.358 e. The molecule has 0 aliphatic carbocycles. The molecule has 0 radical (unpaired) electrons. The van der Waals surface area contributed by atoms with Gasteiger partial charge in [0.15, 0.2) is 0 Å². The van der Waals surface area contributed by atoms with Gasteiger partial charge in [-0.15, -0.1) is 5.10 Å². The molecule has 2 heterocycles. The van der Waals surface area contributed by atoms with E-state index in [2.05, 4.69) is 15.5 Å². The highest BCUT2D eigenvalue weighted by Gasteiger charge is 2.20. The molecule has 6 heteroatoms. The molecule has 0 aromatic carbocycles. The van der Waals surface area contributed by atoms with Crippen molar-refractivity contribution in [3.63, 3.8) is 0 Å². The van der Waals surface area contributed by atoms with Crippen LogP contribution in [0.4, 0.5) is 5.82 Å². The molecule has 1 unspecified atom stereocenters. The highest BCUT2D eigenvalue weighted by Crippen LogP contribution is 2.23. The molecule has 0 bridgehead atoms. The van der Waals surface area contributed by atoms with E-state index in [9.17, 15) is 10.1 Å². The number of nitrogens with zero attached hydrogens (tertiary/aromatic N) is 2. The first kappa shape index (κ1) is 9.14. The Morgan fingerprint density at radius 3 is 3.00 bits per heavy atom. The van der Waals surface area contributed by atoms with Gasteiger partial charge in [0.25, 0.3) is 0 Å². The molecule has 1 saturated heterocycles. The molecule has 2 rings (SSSR count). The zero-order chi connectivity index (χ0) is 9.97. The standard InChI is InChI=1S/C8H12N4O2/c13-12(14)8-5-7(10-11-8)6-3-1-2-4-9-6/h5-6,9H,1-4H2,(H,10,11). The molecule has 0 saturated carbocycles. The maximum atomic E-state index is 10.4. The number of hydrogen-bond acceptors (Lipinski definition) is 4. The Bertz CT molecular complexity index is 330. The SMILES string of the molecule is O=[N+]([O-])c1cc(C2CCCCN2)n[nH]1. The second-order valence-electron chi connectivity index (χ2n) is 3.44. The third kappa shape index (κ3) is 1.74. The Kier molecular flexibility index (Phi) is 2.45. The summed E-state index contributed by atoms with van der Waals surface area (Å²) in [6, 6.07) is 1.68. The maximum Gasteiger partial charge on any atom is 0.342 e. The summed E-state index contributed by atoms with van der Waals surface area (Å²) in [7, 11) is 0. The van der Waals surface area contributed by atoms with E-state index in [4.69, 9.17) is 0 Å². The van der Waals surface area contributed by atoms with Crippen molar-refractivity contribution in [2.24, 2.45) is 0 Å². The normalized spacial score (nSPS) is 22.1. The number of aromatic amines is 1. The third-order valence-electron chi connectivity index (χ3n) is 2.45. The quantitative estimate of drug-likeness (QED) is 0.548. The maximum absolute atomic E-state index is 10.4. The van der Waals surface area contributed by atoms with Gasteiger partial charge >= 0.3 is 5.82 Å². The van der Waals surface area contributed by atoms with Gasteiger partial charge in [-0.2, -0.15) is 0 Å². The van der Waals surface area contributed by atoms with Crippen LogP contribution in [0.2, 0.25) is 0 Å². The number of hydrogen-bond donors (Lipinski definition) is 2. The van der Waals surface area contributed by atoms with Crippen LogP contribution in [0, 0.1) is 10.1 Å². The number of H-pyrrole nitrogens is 1. The van der Waals surface area contributed by atoms with Crippen molar-refractivity contribution in [2.75, 3.05) is 6.54 Å². The number of nitrogens with one attached hydrogen (secondary N) is 2. The molecule has 1 fully saturated rings. The summed E-state index contributed by atoms with van der Waals surface area (Å²) in [5.41, 5.74) is 0.747. The molecule has 6 nitrogen and oxygen atoms in total. The summed E-state index contributed by atoms with van der Waals surface area (Å²) in [6.07, 6.45) is 3.32. The van der Waals surface area contributed by atoms with Crippen LogP contribution in [0.3, 0.4) is 0 Å². The monoisotopic (exact) mass is 196 g/mol. The average Bonchev–Trinajstić information content (AvgIpc) is 2.68. The van der Waals surface area contributed by atoms with E-state index in [1.807, 2.05) is 0 Å². The lowest BCUT2D eigenvalue weighted by Gasteiger charge is -2.20. The van der Waals surface area contributed by atoms with Crippen molar-refractivity contribution in [1.29, 1.82) is 0 Å². The largest absolute Gasteiger partial charge is 0.358 e. The molecule has 76 valence electrons. The predicted octanol–water partition coefficient (Wildman–Crippen LogP) is 1.13. The van der Waals surface area contributed by atoms with Gasteiger partial charge in [-0.25, -0.2) is 0 Å². The lowest BCUT2D eigenvalue weighted by molar-refractivity contribution is -0.389. The summed E-state index contributed by atoms with van der Waals surface area (Å²) in [4.78, 5) is 9.95. The fourth-order valence-electron chi connectivity index (χ4n) is 1.70. The van der Waals surface area contributed by atoms with E-state index < -0.39 is 4.92 Å². The second-order valence-corrected chi connectivity index (χ2v) is 3.44. The van der Waals surface area contributed by atoms with E-state index in [1.54, 1.807) is 0 Å². The van der Waals surface area contributed by atoms with Crippen LogP contribution in [-0.2, 0) is 0 Å². The molecule has 1 atom stereocenters. The summed E-state index contributed by atoms with van der Waals surface area (Å²) in [5, 5.41) is 20.0. The number of piperidine rings is 1. The molecule has 1 aromatic heterocycles. The van der Waals surface area contributed by atoms with Crippen LogP contribution in [0.1, 0.15) is 31.0 Å². The molecule has 14 heavy (non-hydrogen) atoms. The Labute approximate surface area is 80.9 Å². The molecule has 0 amide bonds. The number of aromatic nitrogens is 2. The minimum atomic E-state index is -0.459. The van der Waals surface area contributed by atoms with Crippen molar-refractivity contribution < 1.29 is 4.92 Å². The topological polar surface area (TPSA) is 83.8 Å². The molecule has 1 aromatic rings. The van der Waals surface area contributed by atoms with Gasteiger partial charge < -0.3 is 15.4 Å². The molecule has 1 aliphatic rings. The van der Waals surface area contributed by atoms with Crippen molar-refractivity contribution in [2.45, 2.75) is 25.3 Å². The number of rotatable bonds is 2. The zero-order valence-electron chi connectivity index (χ0n) is 7.69. The smallest absolute Gasteiger partial charge is 0.342 e. The summed E-state index contributed by atoms with van der Waals surface area (Å²) < 4.78 is 0. The molecular formula is C8H12N4O2. The third-order valence-corrected chi connectivity index (χ3v) is 2.45. The van der Waals surface area contributed by atoms with Gasteiger partial charge in [-0.1, -0.05) is 11.5 Å². The van der Waals surface area contributed by atoms with Gasteiger partial charge in [0.05, 0.1) is 12.1 Å². The Balaban J connectivity index is 2.11. The van der Waals surface area contributed by atoms with Crippen LogP contribution >= 0.6 is 0 Å². The first-order chi connectivity index (χ1) is 6.77. The Morgan fingerprint density at radius 2 is 2.43 bits per heavy atom. The van der Waals surface area contributed by atoms with Gasteiger partial charge in [0.1, 0.15) is 5.69 Å². The minimum absolute atomic E-state index is 0.0348. The first-order valence-electron chi connectivity index (χ1n) is 4.70. The highest BCUT2D eigenvalue weighted by molar-refractivity contribution is 5.23. The van der Waals surface area contributed by atoms with E-state index in [-0.39, 0.29) is 11.9 Å². The van der Waals surface area contributed by atoms with Gasteiger partial charge in [-0.05, 0) is 24.3 Å². The van der Waals surface area contributed by atoms with Crippen LogP contribution in [0.5, 0.6) is 0 Å². The summed E-state index contributed by atoms with van der Waals surface area (Å²) in [5.74, 6) is -0.0348. The summed E-state index contributed by atoms with van der Waals surface area (Å²) in [6.45, 7) is 0.964. The van der Waals surface area contributed by atoms with Crippen LogP contribution in [0.15, 0.2) is 6.07 Å². The van der Waals surface area contributed by atoms with Crippen LogP contribution < -0.4 is 5.32 Å². The molecule has 2 N–H and O–H groups in total. The van der Waals surface area contributed by atoms with Gasteiger partial charge in [0.2, 0.25) is 0 Å². The van der Waals surface area contributed by atoms with Crippen molar-refractivity contribution >= 4 is 5.82 Å². The first-order valence-corrected chi connectivity index (χ1v) is 4.70. The van der Waals surface area contributed by atoms with Crippen molar-refractivity contribution in [3.05, 3.63) is 21.9 Å². The second kappa shape index (κ2) is 3.75. The van der Waals surface area contributed by atoms with E-state index >= 15 is 0 Å². The molecule has 0 spiro atoms. The number of nitro groups is 1. The van der Waals surface area contributed by atoms with Crippen molar-refractivity contribution in [3.8, 4) is 0 Å². The fraction of sp³-hybridized carbons (Fsp3) is 0.625. The highest BCUT2D eigenvalue weighted by atomic mass is 16.6. The predicted molar refractivity (Wildman–Crippen MR) is 49.8 cm³/mol. The van der Waals surface area contributed by atoms with Crippen LogP contribution in [-0.4, -0.2) is 21.7 Å². The molecular weight excluding hydrogens is 184 g/mol. The van der Waals surface area contributed by atoms with E-state index in [0.29, 0.717) is 0 Å². The average molecular weight is 196 g/mol. The Morgan fingerprint density at radius 1 is 1.57 bits per heavy atom. The summed E-state index contributed by atoms with van der Waals surface area (Å²) >= 11 is 0. The van der Waals surface area contributed by atoms with Gasteiger partial charge in [0, 0.05) is 0 Å². The molecule has 1 aliphatic heterocycles. The zero-order valence-corrected chi connectivity index (χ0v) is 7.69.